The molecule has 1 aliphatic heterocycles. The predicted octanol–water partition coefficient (Wildman–Crippen LogP) is 5.29. The van der Waals surface area contributed by atoms with Crippen LogP contribution in [0.4, 0.5) is 22.0 Å². The third kappa shape index (κ3) is 6.99. The molecule has 2 aromatic carbocycles. The number of hydrogen-bond donors (Lipinski definition) is 1. The molecule has 4 rings (SSSR count). The molecule has 1 aromatic heterocycles. The van der Waals surface area contributed by atoms with Gasteiger partial charge in [-0.15, -0.1) is 0 Å². The minimum absolute atomic E-state index is 0.0351. The third-order valence-corrected chi connectivity index (χ3v) is 7.68. The summed E-state index contributed by atoms with van der Waals surface area (Å²) in [5.74, 6) is -1.66. The van der Waals surface area contributed by atoms with Crippen LogP contribution in [0.3, 0.4) is 0 Å². The zero-order valence-corrected chi connectivity index (χ0v) is 21.1. The van der Waals surface area contributed by atoms with Gasteiger partial charge < -0.3 is 14.6 Å². The predicted molar refractivity (Wildman–Crippen MR) is 132 cm³/mol. The van der Waals surface area contributed by atoms with Crippen LogP contribution in [0.1, 0.15) is 23.6 Å². The van der Waals surface area contributed by atoms with Gasteiger partial charge in [-0.3, -0.25) is 0 Å². The van der Waals surface area contributed by atoms with E-state index in [0.717, 1.165) is 24.3 Å². The largest absolute Gasteiger partial charge is 0.416 e. The first-order chi connectivity index (χ1) is 18.0. The second-order valence-electron chi connectivity index (χ2n) is 9.01. The Bertz CT molecular complexity index is 1220. The van der Waals surface area contributed by atoms with E-state index in [4.69, 9.17) is 9.47 Å². The van der Waals surface area contributed by atoms with Gasteiger partial charge in [-0.25, -0.2) is 18.4 Å². The molecule has 1 N–H and O–H groups in total. The third-order valence-electron chi connectivity index (χ3n) is 6.24. The summed E-state index contributed by atoms with van der Waals surface area (Å²) in [4.78, 5) is 3.87. The van der Waals surface area contributed by atoms with Crippen molar-refractivity contribution in [1.82, 2.24) is 14.8 Å². The molecule has 1 fully saturated rings. The van der Waals surface area contributed by atoms with Crippen LogP contribution in [0.15, 0.2) is 61.2 Å². The van der Waals surface area contributed by atoms with E-state index in [2.05, 4.69) is 10.1 Å². The molecule has 12 heteroatoms. The summed E-state index contributed by atoms with van der Waals surface area (Å²) in [6.07, 6.45) is 0.931. The number of hydrogen-bond acceptors (Lipinski definition) is 6. The lowest BCUT2D eigenvalue weighted by Gasteiger charge is -2.36. The molecule has 38 heavy (non-hydrogen) atoms. The molecule has 3 aromatic rings. The number of alkyl halides is 3. The second kappa shape index (κ2) is 11.9. The first kappa shape index (κ1) is 28.2. The molecule has 0 bridgehead atoms. The highest BCUT2D eigenvalue weighted by Crippen LogP contribution is 2.36. The van der Waals surface area contributed by atoms with Crippen LogP contribution in [-0.2, 0) is 27.8 Å². The number of aliphatic hydroxyl groups is 1. The molecular weight excluding hydrogens is 529 g/mol. The average Bonchev–Trinajstić information content (AvgIpc) is 3.39. The van der Waals surface area contributed by atoms with Crippen molar-refractivity contribution in [3.05, 3.63) is 89.5 Å². The van der Waals surface area contributed by atoms with E-state index in [9.17, 15) is 27.1 Å². The first-order valence-electron chi connectivity index (χ1n) is 11.7. The van der Waals surface area contributed by atoms with Crippen molar-refractivity contribution >= 4 is 17.8 Å². The molecule has 0 saturated carbocycles. The molecule has 0 spiro atoms. The lowest BCUT2D eigenvalue weighted by atomic mass is 9.82. The van der Waals surface area contributed by atoms with Crippen LogP contribution >= 0.6 is 11.8 Å². The number of thioether (sulfide) groups is 1. The van der Waals surface area contributed by atoms with Crippen molar-refractivity contribution in [3.63, 3.8) is 0 Å². The first-order valence-corrected chi connectivity index (χ1v) is 12.8. The fraction of sp³-hybridized carbons (Fsp3) is 0.385. The normalized spacial score (nSPS) is 20.9. The molecule has 1 saturated heterocycles. The molecule has 0 radical (unpaired) electrons. The summed E-state index contributed by atoms with van der Waals surface area (Å²) in [6.45, 7) is 2.37. The van der Waals surface area contributed by atoms with Crippen molar-refractivity contribution < 1.29 is 36.5 Å². The lowest BCUT2D eigenvalue weighted by Crippen LogP contribution is -2.41. The highest BCUT2D eigenvalue weighted by molar-refractivity contribution is 7.99. The Morgan fingerprint density at radius 2 is 1.84 bits per heavy atom. The van der Waals surface area contributed by atoms with Gasteiger partial charge in [0.25, 0.3) is 0 Å². The summed E-state index contributed by atoms with van der Waals surface area (Å²) in [5, 5.41) is 15.6. The van der Waals surface area contributed by atoms with E-state index < -0.39 is 41.2 Å². The van der Waals surface area contributed by atoms with E-state index in [1.165, 1.54) is 47.3 Å². The van der Waals surface area contributed by atoms with Gasteiger partial charge in [0.1, 0.15) is 29.9 Å². The molecule has 0 aliphatic carbocycles. The number of ether oxygens (including phenoxy) is 2. The fourth-order valence-electron chi connectivity index (χ4n) is 4.01. The molecule has 2 heterocycles. The smallest absolute Gasteiger partial charge is 0.383 e. The Hall–Kier alpha value is -2.80. The van der Waals surface area contributed by atoms with E-state index in [0.29, 0.717) is 24.5 Å². The highest BCUT2D eigenvalue weighted by Gasteiger charge is 2.39. The van der Waals surface area contributed by atoms with Gasteiger partial charge in [0.15, 0.2) is 6.29 Å². The summed E-state index contributed by atoms with van der Waals surface area (Å²) in [6, 6.07) is 7.84. The average molecular weight is 556 g/mol. The summed E-state index contributed by atoms with van der Waals surface area (Å²) < 4.78 is 79.1. The molecule has 0 unspecified atom stereocenters. The van der Waals surface area contributed by atoms with Crippen LogP contribution in [0.2, 0.25) is 0 Å². The van der Waals surface area contributed by atoms with E-state index >= 15 is 0 Å². The van der Waals surface area contributed by atoms with Gasteiger partial charge in [-0.2, -0.15) is 30.0 Å². The Balaban J connectivity index is 1.33. The minimum atomic E-state index is -4.39. The molecule has 0 amide bonds. The van der Waals surface area contributed by atoms with Crippen molar-refractivity contribution in [2.24, 2.45) is 5.92 Å². The van der Waals surface area contributed by atoms with Gasteiger partial charge in [-0.05, 0) is 35.6 Å². The van der Waals surface area contributed by atoms with E-state index in [1.807, 2.05) is 0 Å². The van der Waals surface area contributed by atoms with Gasteiger partial charge in [0.2, 0.25) is 0 Å². The Kier molecular flexibility index (Phi) is 8.86. The Morgan fingerprint density at radius 1 is 1.13 bits per heavy atom. The summed E-state index contributed by atoms with van der Waals surface area (Å²) in [5.41, 5.74) is -1.87. The Labute approximate surface area is 220 Å². The van der Waals surface area contributed by atoms with Crippen molar-refractivity contribution in [3.8, 4) is 0 Å². The number of nitrogens with zero attached hydrogens (tertiary/aromatic N) is 3. The maximum atomic E-state index is 14.7. The summed E-state index contributed by atoms with van der Waals surface area (Å²) >= 11 is 1.49. The van der Waals surface area contributed by atoms with Gasteiger partial charge in [-0.1, -0.05) is 31.2 Å². The van der Waals surface area contributed by atoms with Gasteiger partial charge in [0, 0.05) is 17.5 Å². The van der Waals surface area contributed by atoms with Crippen molar-refractivity contribution in [2.45, 2.75) is 36.8 Å². The second-order valence-corrected chi connectivity index (χ2v) is 10.3. The maximum Gasteiger partial charge on any atom is 0.416 e. The number of aromatic nitrogens is 3. The Morgan fingerprint density at radius 3 is 2.45 bits per heavy atom. The van der Waals surface area contributed by atoms with Gasteiger partial charge >= 0.3 is 6.18 Å². The molecule has 1 aliphatic rings. The van der Waals surface area contributed by atoms with Crippen LogP contribution in [0, 0.1) is 17.6 Å². The fourth-order valence-corrected chi connectivity index (χ4v) is 5.19. The zero-order valence-electron chi connectivity index (χ0n) is 20.3. The number of halogens is 5. The minimum Gasteiger partial charge on any atom is -0.383 e. The van der Waals surface area contributed by atoms with E-state index in [-0.39, 0.29) is 17.4 Å². The number of rotatable bonds is 9. The van der Waals surface area contributed by atoms with Crippen molar-refractivity contribution in [1.29, 1.82) is 0 Å². The molecule has 2 atom stereocenters. The summed E-state index contributed by atoms with van der Waals surface area (Å²) in [7, 11) is 0. The molecular formula is C26H26F5N3O3S. The van der Waals surface area contributed by atoms with Crippen LogP contribution in [-0.4, -0.2) is 50.4 Å². The number of benzene rings is 2. The topological polar surface area (TPSA) is 69.4 Å². The van der Waals surface area contributed by atoms with Crippen LogP contribution in [0.25, 0.3) is 6.08 Å². The maximum absolute atomic E-state index is 14.7. The van der Waals surface area contributed by atoms with Crippen molar-refractivity contribution in [2.75, 3.05) is 19.0 Å². The monoisotopic (exact) mass is 555 g/mol. The SMILES string of the molecule is C[C@@H](CSC1COC(/C=C/c2ccc(C(F)(F)F)cc2)OC1)[C@@](O)(Cn1cncn1)c1ccc(F)cc1F. The standard InChI is InChI=1S/C26H26F5N3O3S/c1-17(25(35,14-34-16-32-15-33-34)22-8-7-20(27)10-23(22)28)13-38-21-11-36-24(37-12-21)9-4-18-2-5-19(6-3-18)26(29,30)31/h2-10,15-17,21,24,35H,11-14H2,1H3/b9-4+/t17-,21?,24?,25-/m0/s1. The highest BCUT2D eigenvalue weighted by atomic mass is 32.2. The van der Waals surface area contributed by atoms with Crippen LogP contribution in [0.5, 0.6) is 0 Å². The van der Waals surface area contributed by atoms with E-state index in [1.54, 1.807) is 19.1 Å². The van der Waals surface area contributed by atoms with Crippen LogP contribution < -0.4 is 0 Å². The van der Waals surface area contributed by atoms with Gasteiger partial charge in [0.05, 0.1) is 30.6 Å². The zero-order chi connectivity index (χ0) is 27.3. The molecule has 6 nitrogen and oxygen atoms in total. The molecule has 204 valence electrons. The lowest BCUT2D eigenvalue weighted by molar-refractivity contribution is -0.146. The quantitative estimate of drug-likeness (QED) is 0.362.